The minimum atomic E-state index is -0.819. The van der Waals surface area contributed by atoms with Crippen LogP contribution >= 0.6 is 0 Å². The zero-order valence-electron chi connectivity index (χ0n) is 14.1. The fourth-order valence-electron chi connectivity index (χ4n) is 3.24. The third-order valence-electron chi connectivity index (χ3n) is 4.22. The van der Waals surface area contributed by atoms with Crippen LogP contribution in [0.15, 0.2) is 30.3 Å². The molecule has 0 spiro atoms. The lowest BCUT2D eigenvalue weighted by atomic mass is 10.1. The van der Waals surface area contributed by atoms with Crippen molar-refractivity contribution in [1.82, 2.24) is 9.88 Å². The third kappa shape index (κ3) is 3.83. The summed E-state index contributed by atoms with van der Waals surface area (Å²) in [7, 11) is 1.81. The molecule has 0 aliphatic carbocycles. The molecule has 0 saturated carbocycles. The van der Waals surface area contributed by atoms with Gasteiger partial charge in [-0.15, -0.1) is 0 Å². The maximum absolute atomic E-state index is 10.8. The molecule has 1 aromatic carbocycles. The Morgan fingerprint density at radius 3 is 3.04 bits per heavy atom. The molecule has 1 aliphatic rings. The van der Waals surface area contributed by atoms with Gasteiger partial charge in [0.15, 0.2) is 0 Å². The van der Waals surface area contributed by atoms with E-state index in [1.807, 2.05) is 32.2 Å². The molecule has 3 rings (SSSR count). The van der Waals surface area contributed by atoms with Gasteiger partial charge in [0.05, 0.1) is 24.8 Å². The Morgan fingerprint density at radius 1 is 1.46 bits per heavy atom. The van der Waals surface area contributed by atoms with Gasteiger partial charge in [-0.1, -0.05) is 18.2 Å². The van der Waals surface area contributed by atoms with Crippen molar-refractivity contribution >= 4 is 22.6 Å². The van der Waals surface area contributed by atoms with Crippen molar-refractivity contribution in [2.75, 3.05) is 44.7 Å². The van der Waals surface area contributed by atoms with Gasteiger partial charge in [-0.2, -0.15) is 0 Å². The molecule has 1 saturated heterocycles. The molecule has 1 unspecified atom stereocenters. The van der Waals surface area contributed by atoms with E-state index in [0.717, 1.165) is 29.7 Å². The number of aromatic nitrogens is 1. The predicted molar refractivity (Wildman–Crippen MR) is 93.6 cm³/mol. The Labute approximate surface area is 141 Å². The number of para-hydroxylation sites is 1. The highest BCUT2D eigenvalue weighted by atomic mass is 16.5. The Kier molecular flexibility index (Phi) is 4.97. The molecule has 6 nitrogen and oxygen atoms in total. The topological polar surface area (TPSA) is 65.9 Å². The molecule has 1 fully saturated rings. The predicted octanol–water partition coefficient (Wildman–Crippen LogP) is 1.76. The summed E-state index contributed by atoms with van der Waals surface area (Å²) >= 11 is 0. The van der Waals surface area contributed by atoms with Gasteiger partial charge in [0.1, 0.15) is 0 Å². The zero-order chi connectivity index (χ0) is 17.1. The van der Waals surface area contributed by atoms with Crippen LogP contribution in [0.2, 0.25) is 0 Å². The second-order valence-corrected chi connectivity index (χ2v) is 6.33. The standard InChI is InChI=1S/C18H23N3O3/c1-13-9-17(15-5-3-4-6-16(15)19-13)21-7-8-24-14(11-21)10-20(2)12-18(22)23/h3-6,9,14H,7-8,10-12H2,1-2H3,(H,22,23). The van der Waals surface area contributed by atoms with Crippen LogP contribution in [-0.4, -0.2) is 66.9 Å². The Hall–Kier alpha value is -2.18. The number of nitrogens with zero attached hydrogens (tertiary/aromatic N) is 3. The number of likely N-dealkylation sites (N-methyl/N-ethyl adjacent to an activating group) is 1. The SMILES string of the molecule is Cc1cc(N2CCOC(CN(C)CC(=O)O)C2)c2ccccc2n1. The molecular weight excluding hydrogens is 306 g/mol. The number of anilines is 1. The third-order valence-corrected chi connectivity index (χ3v) is 4.22. The number of pyridine rings is 1. The number of hydrogen-bond donors (Lipinski definition) is 1. The average Bonchev–Trinajstić information content (AvgIpc) is 2.53. The highest BCUT2D eigenvalue weighted by Gasteiger charge is 2.24. The monoisotopic (exact) mass is 329 g/mol. The minimum Gasteiger partial charge on any atom is -0.480 e. The van der Waals surface area contributed by atoms with Gasteiger partial charge in [0, 0.05) is 36.4 Å². The summed E-state index contributed by atoms with van der Waals surface area (Å²) in [6.07, 6.45) is -0.00432. The number of carboxylic acid groups (broad SMARTS) is 1. The van der Waals surface area contributed by atoms with Crippen molar-refractivity contribution in [3.05, 3.63) is 36.0 Å². The van der Waals surface area contributed by atoms with Crippen molar-refractivity contribution in [2.45, 2.75) is 13.0 Å². The van der Waals surface area contributed by atoms with Gasteiger partial charge in [-0.25, -0.2) is 0 Å². The largest absolute Gasteiger partial charge is 0.480 e. The normalized spacial score (nSPS) is 18.3. The first-order chi connectivity index (χ1) is 11.5. The van der Waals surface area contributed by atoms with Crippen LogP contribution in [0.4, 0.5) is 5.69 Å². The molecule has 128 valence electrons. The molecule has 1 N–H and O–H groups in total. The first kappa shape index (κ1) is 16.7. The highest BCUT2D eigenvalue weighted by molar-refractivity contribution is 5.92. The number of ether oxygens (including phenoxy) is 1. The van der Waals surface area contributed by atoms with E-state index in [1.54, 1.807) is 4.90 Å². The van der Waals surface area contributed by atoms with Crippen molar-refractivity contribution in [3.8, 4) is 0 Å². The van der Waals surface area contributed by atoms with E-state index < -0.39 is 5.97 Å². The van der Waals surface area contributed by atoms with Gasteiger partial charge < -0.3 is 14.7 Å². The van der Waals surface area contributed by atoms with E-state index in [1.165, 1.54) is 5.69 Å². The van der Waals surface area contributed by atoms with E-state index in [2.05, 4.69) is 22.0 Å². The fraction of sp³-hybridized carbons (Fsp3) is 0.444. The van der Waals surface area contributed by atoms with Gasteiger partial charge >= 0.3 is 5.97 Å². The zero-order valence-corrected chi connectivity index (χ0v) is 14.1. The smallest absolute Gasteiger partial charge is 0.317 e. The second-order valence-electron chi connectivity index (χ2n) is 6.33. The quantitative estimate of drug-likeness (QED) is 0.902. The lowest BCUT2D eigenvalue weighted by Gasteiger charge is -2.36. The molecule has 2 heterocycles. The van der Waals surface area contributed by atoms with Gasteiger partial charge in [0.25, 0.3) is 0 Å². The minimum absolute atomic E-state index is 0.00432. The maximum Gasteiger partial charge on any atom is 0.317 e. The molecule has 1 atom stereocenters. The Balaban J connectivity index is 1.79. The van der Waals surface area contributed by atoms with E-state index in [0.29, 0.717) is 13.2 Å². The number of aryl methyl sites for hydroxylation is 1. The lowest BCUT2D eigenvalue weighted by Crippen LogP contribution is -2.47. The van der Waals surface area contributed by atoms with E-state index in [-0.39, 0.29) is 12.6 Å². The first-order valence-corrected chi connectivity index (χ1v) is 8.16. The molecule has 1 aromatic heterocycles. The Bertz CT molecular complexity index is 735. The highest BCUT2D eigenvalue weighted by Crippen LogP contribution is 2.28. The fourth-order valence-corrected chi connectivity index (χ4v) is 3.24. The summed E-state index contributed by atoms with van der Waals surface area (Å²) in [5, 5.41) is 10.0. The van der Waals surface area contributed by atoms with Crippen molar-refractivity contribution < 1.29 is 14.6 Å². The van der Waals surface area contributed by atoms with Crippen LogP contribution in [-0.2, 0) is 9.53 Å². The summed E-state index contributed by atoms with van der Waals surface area (Å²) in [6.45, 7) is 4.85. The summed E-state index contributed by atoms with van der Waals surface area (Å²) in [5.74, 6) is -0.819. The van der Waals surface area contributed by atoms with Gasteiger partial charge in [0.2, 0.25) is 0 Å². The lowest BCUT2D eigenvalue weighted by molar-refractivity contribution is -0.138. The summed E-state index contributed by atoms with van der Waals surface area (Å²) in [4.78, 5) is 19.5. The van der Waals surface area contributed by atoms with Gasteiger partial charge in [-0.3, -0.25) is 14.7 Å². The number of carbonyl (C=O) groups is 1. The van der Waals surface area contributed by atoms with Crippen LogP contribution in [0.3, 0.4) is 0 Å². The Morgan fingerprint density at radius 2 is 2.25 bits per heavy atom. The first-order valence-electron chi connectivity index (χ1n) is 8.16. The van der Waals surface area contributed by atoms with Crippen LogP contribution < -0.4 is 4.90 Å². The van der Waals surface area contributed by atoms with Crippen LogP contribution in [0.1, 0.15) is 5.69 Å². The van der Waals surface area contributed by atoms with Crippen LogP contribution in [0, 0.1) is 6.92 Å². The maximum atomic E-state index is 10.8. The van der Waals surface area contributed by atoms with Crippen molar-refractivity contribution in [3.63, 3.8) is 0 Å². The van der Waals surface area contributed by atoms with E-state index in [9.17, 15) is 4.79 Å². The number of hydrogen-bond acceptors (Lipinski definition) is 5. The molecular formula is C18H23N3O3. The number of aliphatic carboxylic acids is 1. The van der Waals surface area contributed by atoms with E-state index >= 15 is 0 Å². The summed E-state index contributed by atoms with van der Waals surface area (Å²) in [6, 6.07) is 10.3. The van der Waals surface area contributed by atoms with Crippen LogP contribution in [0.25, 0.3) is 10.9 Å². The number of fused-ring (bicyclic) bond motifs is 1. The number of morpholine rings is 1. The van der Waals surface area contributed by atoms with E-state index in [4.69, 9.17) is 9.84 Å². The average molecular weight is 329 g/mol. The number of carboxylic acids is 1. The molecule has 0 bridgehead atoms. The molecule has 0 amide bonds. The molecule has 0 radical (unpaired) electrons. The molecule has 6 heteroatoms. The number of rotatable bonds is 5. The van der Waals surface area contributed by atoms with Crippen molar-refractivity contribution in [1.29, 1.82) is 0 Å². The van der Waals surface area contributed by atoms with Gasteiger partial charge in [-0.05, 0) is 26.1 Å². The number of benzene rings is 1. The summed E-state index contributed by atoms with van der Waals surface area (Å²) < 4.78 is 5.83. The molecule has 24 heavy (non-hydrogen) atoms. The van der Waals surface area contributed by atoms with Crippen molar-refractivity contribution in [2.24, 2.45) is 0 Å². The van der Waals surface area contributed by atoms with Crippen LogP contribution in [0.5, 0.6) is 0 Å². The molecule has 1 aliphatic heterocycles. The molecule has 2 aromatic rings. The summed E-state index contributed by atoms with van der Waals surface area (Å²) in [5.41, 5.74) is 3.17. The second kappa shape index (κ2) is 7.15.